The molecule has 0 saturated carbocycles. The molecular weight excluding hydrogens is 597 g/mol. The van der Waals surface area contributed by atoms with Crippen molar-refractivity contribution in [1.82, 2.24) is 34.4 Å². The summed E-state index contributed by atoms with van der Waals surface area (Å²) < 4.78 is 22.9. The second-order valence-corrected chi connectivity index (χ2v) is 14.3. The van der Waals surface area contributed by atoms with E-state index in [2.05, 4.69) is 57.2 Å². The van der Waals surface area contributed by atoms with Crippen molar-refractivity contribution in [3.05, 3.63) is 63.6 Å². The molecule has 246 valence electrons. The van der Waals surface area contributed by atoms with Gasteiger partial charge >= 0.3 is 6.01 Å². The second-order valence-electron chi connectivity index (χ2n) is 14.3. The number of ether oxygens (including phenoxy) is 1. The number of aryl methyl sites for hydroxylation is 2. The average molecular weight is 640 g/mol. The molecule has 3 aromatic rings. The Bertz CT molecular complexity index is 1780. The number of rotatable bonds is 5. The summed E-state index contributed by atoms with van der Waals surface area (Å²) >= 11 is 0. The Morgan fingerprint density at radius 3 is 2.83 bits per heavy atom. The Hall–Kier alpha value is -4.08. The van der Waals surface area contributed by atoms with Gasteiger partial charge in [-0.2, -0.15) is 20.3 Å². The van der Waals surface area contributed by atoms with Gasteiger partial charge in [-0.3, -0.25) is 19.3 Å². The minimum absolute atomic E-state index is 0.160. The number of benzene rings is 1. The number of nitriles is 1. The van der Waals surface area contributed by atoms with Gasteiger partial charge in [0.25, 0.3) is 5.91 Å². The maximum Gasteiger partial charge on any atom is 0.318 e. The fourth-order valence-corrected chi connectivity index (χ4v) is 9.00. The Balaban J connectivity index is 1.19. The summed E-state index contributed by atoms with van der Waals surface area (Å²) in [5, 5.41) is 14.8. The van der Waals surface area contributed by atoms with E-state index in [0.29, 0.717) is 57.3 Å². The lowest BCUT2D eigenvalue weighted by Crippen LogP contribution is -2.48. The molecule has 1 aliphatic carbocycles. The first-order chi connectivity index (χ1) is 22.7. The SMILES string of the molecule is CN(C)C(=O)c1nn2c(c1C#N)CN(c1nc(OC[C@@]34CCCN3C[C@H](F)C4)nc3c1CN(C)[C@@]1(CCc4ccccc41)C3)CCC2. The number of hydrogen-bond donors (Lipinski definition) is 0. The van der Waals surface area contributed by atoms with E-state index >= 15 is 0 Å². The van der Waals surface area contributed by atoms with E-state index in [1.807, 2.05) is 4.68 Å². The number of nitrogens with zero attached hydrogens (tertiary/aromatic N) is 9. The van der Waals surface area contributed by atoms with Gasteiger partial charge in [-0.05, 0) is 56.8 Å². The van der Waals surface area contributed by atoms with Crippen LogP contribution >= 0.6 is 0 Å². The molecule has 8 rings (SSSR count). The average Bonchev–Trinajstić information content (AvgIpc) is 3.76. The summed E-state index contributed by atoms with van der Waals surface area (Å²) in [7, 11) is 5.54. The number of likely N-dealkylation sites (N-methyl/N-ethyl adjacent to an activating group) is 1. The number of halogens is 1. The fraction of sp³-hybridized carbons (Fsp3) is 0.571. The van der Waals surface area contributed by atoms with Crippen LogP contribution in [-0.2, 0) is 38.0 Å². The quantitative estimate of drug-likeness (QED) is 0.415. The molecule has 11 nitrogen and oxygen atoms in total. The van der Waals surface area contributed by atoms with Crippen molar-refractivity contribution in [1.29, 1.82) is 5.26 Å². The van der Waals surface area contributed by atoms with Crippen molar-refractivity contribution in [2.75, 3.05) is 52.3 Å². The van der Waals surface area contributed by atoms with Crippen LogP contribution in [0.4, 0.5) is 10.2 Å². The molecule has 1 aromatic carbocycles. The number of alkyl halides is 1. The van der Waals surface area contributed by atoms with Gasteiger partial charge in [0.15, 0.2) is 5.69 Å². The standard InChI is InChI=1S/C35H42FN9O2/c1-41(2)32(46)30-25(18-37)29-21-43(13-7-15-45(29)40-30)31-26-20-42(3)35(12-10-23-8-4-5-9-27(23)35)17-28(26)38-33(39-31)47-22-34-11-6-14-44(34)19-24(36)16-34/h4-5,8-9,24H,6-7,10-17,19-22H2,1-3H3/t24-,34+,35+/m1/s1. The van der Waals surface area contributed by atoms with E-state index in [-0.39, 0.29) is 22.7 Å². The van der Waals surface area contributed by atoms with Crippen molar-refractivity contribution in [2.24, 2.45) is 0 Å². The van der Waals surface area contributed by atoms with Crippen molar-refractivity contribution in [2.45, 2.75) is 81.8 Å². The number of fused-ring (bicyclic) bond motifs is 5. The molecular formula is C35H42FN9O2. The van der Waals surface area contributed by atoms with Crippen LogP contribution in [0, 0.1) is 11.3 Å². The van der Waals surface area contributed by atoms with Crippen molar-refractivity contribution in [3.8, 4) is 12.1 Å². The van der Waals surface area contributed by atoms with Crippen molar-refractivity contribution >= 4 is 11.7 Å². The van der Waals surface area contributed by atoms with E-state index < -0.39 is 6.17 Å². The highest BCUT2D eigenvalue weighted by Crippen LogP contribution is 2.48. The van der Waals surface area contributed by atoms with Crippen LogP contribution in [0.2, 0.25) is 0 Å². The van der Waals surface area contributed by atoms with E-state index in [1.54, 1.807) is 14.1 Å². The van der Waals surface area contributed by atoms with Gasteiger partial charge in [0.2, 0.25) is 0 Å². The van der Waals surface area contributed by atoms with Crippen molar-refractivity contribution in [3.63, 3.8) is 0 Å². The van der Waals surface area contributed by atoms with Crippen LogP contribution in [0.25, 0.3) is 0 Å². The number of carbonyl (C=O) groups excluding carboxylic acids is 1. The third-order valence-corrected chi connectivity index (χ3v) is 11.4. The Morgan fingerprint density at radius 1 is 1.15 bits per heavy atom. The zero-order chi connectivity index (χ0) is 32.5. The first kappa shape index (κ1) is 30.3. The summed E-state index contributed by atoms with van der Waals surface area (Å²) in [6, 6.07) is 11.4. The highest BCUT2D eigenvalue weighted by molar-refractivity contribution is 5.94. The second kappa shape index (κ2) is 11.3. The van der Waals surface area contributed by atoms with E-state index in [9.17, 15) is 14.4 Å². The van der Waals surface area contributed by atoms with Crippen LogP contribution in [0.3, 0.4) is 0 Å². The van der Waals surface area contributed by atoms with Gasteiger partial charge in [0.05, 0.1) is 29.0 Å². The minimum Gasteiger partial charge on any atom is -0.461 e. The Labute approximate surface area is 274 Å². The van der Waals surface area contributed by atoms with Gasteiger partial charge in [0.1, 0.15) is 30.2 Å². The molecule has 12 heteroatoms. The molecule has 2 aromatic heterocycles. The van der Waals surface area contributed by atoms with Crippen LogP contribution in [0.15, 0.2) is 24.3 Å². The first-order valence-electron chi connectivity index (χ1n) is 16.9. The molecule has 6 heterocycles. The van der Waals surface area contributed by atoms with Crippen LogP contribution in [-0.4, -0.2) is 99.5 Å². The minimum atomic E-state index is -0.836. The third-order valence-electron chi connectivity index (χ3n) is 11.4. The van der Waals surface area contributed by atoms with E-state index in [4.69, 9.17) is 14.7 Å². The van der Waals surface area contributed by atoms with Gasteiger partial charge in [-0.25, -0.2) is 4.39 Å². The first-order valence-corrected chi connectivity index (χ1v) is 16.9. The van der Waals surface area contributed by atoms with Gasteiger partial charge in [-0.15, -0.1) is 0 Å². The van der Waals surface area contributed by atoms with E-state index in [0.717, 1.165) is 67.8 Å². The predicted molar refractivity (Wildman–Crippen MR) is 173 cm³/mol. The fourth-order valence-electron chi connectivity index (χ4n) is 9.00. The molecule has 0 bridgehead atoms. The summed E-state index contributed by atoms with van der Waals surface area (Å²) in [4.78, 5) is 31.6. The molecule has 0 radical (unpaired) electrons. The normalized spacial score (nSPS) is 26.8. The number of hydrogen-bond acceptors (Lipinski definition) is 9. The van der Waals surface area contributed by atoms with Gasteiger partial charge in [0, 0.05) is 58.7 Å². The summed E-state index contributed by atoms with van der Waals surface area (Å²) in [5.41, 5.74) is 5.56. The predicted octanol–water partition coefficient (Wildman–Crippen LogP) is 3.44. The zero-order valence-electron chi connectivity index (χ0n) is 27.5. The maximum absolute atomic E-state index is 14.6. The molecule has 2 fully saturated rings. The molecule has 3 atom stereocenters. The number of carbonyl (C=O) groups is 1. The number of aromatic nitrogens is 4. The largest absolute Gasteiger partial charge is 0.461 e. The zero-order valence-corrected chi connectivity index (χ0v) is 27.5. The summed E-state index contributed by atoms with van der Waals surface area (Å²) in [5.74, 6) is 0.517. The van der Waals surface area contributed by atoms with Gasteiger partial charge in [-0.1, -0.05) is 24.3 Å². The molecule has 4 aliphatic heterocycles. The topological polar surface area (TPSA) is 107 Å². The summed E-state index contributed by atoms with van der Waals surface area (Å²) in [6.07, 6.45) is 5.16. The van der Waals surface area contributed by atoms with Crippen LogP contribution in [0.1, 0.15) is 76.2 Å². The number of amides is 1. The number of anilines is 1. The molecule has 0 N–H and O–H groups in total. The highest BCUT2D eigenvalue weighted by atomic mass is 19.1. The summed E-state index contributed by atoms with van der Waals surface area (Å²) in [6.45, 7) is 4.09. The van der Waals surface area contributed by atoms with Crippen molar-refractivity contribution < 1.29 is 13.9 Å². The maximum atomic E-state index is 14.6. The molecule has 0 unspecified atom stereocenters. The monoisotopic (exact) mass is 639 g/mol. The van der Waals surface area contributed by atoms with E-state index in [1.165, 1.54) is 16.0 Å². The van der Waals surface area contributed by atoms with Gasteiger partial charge < -0.3 is 14.5 Å². The highest BCUT2D eigenvalue weighted by Gasteiger charge is 2.50. The van der Waals surface area contributed by atoms with Crippen LogP contribution in [0.5, 0.6) is 6.01 Å². The molecule has 1 amide bonds. The Kier molecular flexibility index (Phi) is 7.26. The Morgan fingerprint density at radius 2 is 2.00 bits per heavy atom. The third kappa shape index (κ3) is 4.80. The lowest BCUT2D eigenvalue weighted by atomic mass is 9.81. The lowest BCUT2D eigenvalue weighted by Gasteiger charge is -2.44. The molecule has 5 aliphatic rings. The smallest absolute Gasteiger partial charge is 0.318 e. The lowest BCUT2D eigenvalue weighted by molar-refractivity contribution is 0.0820. The molecule has 47 heavy (non-hydrogen) atoms. The molecule has 1 spiro atoms. The van der Waals surface area contributed by atoms with Crippen LogP contribution < -0.4 is 9.64 Å². The molecule has 2 saturated heterocycles.